The Morgan fingerprint density at radius 3 is 2.69 bits per heavy atom. The molecule has 158 valence electrons. The lowest BCUT2D eigenvalue weighted by Crippen LogP contribution is -2.62. The summed E-state index contributed by atoms with van der Waals surface area (Å²) in [5, 5.41) is 36.4. The molecule has 0 spiro atoms. The molecule has 0 bridgehead atoms. The highest BCUT2D eigenvalue weighted by molar-refractivity contribution is 6.02. The molecule has 1 heterocycles. The van der Waals surface area contributed by atoms with Crippen LogP contribution in [0.25, 0.3) is 0 Å². The van der Waals surface area contributed by atoms with Crippen LogP contribution in [0.4, 0.5) is 0 Å². The van der Waals surface area contributed by atoms with E-state index in [0.717, 1.165) is 5.56 Å². The average molecular weight is 403 g/mol. The minimum Gasteiger partial charge on any atom is -0.508 e. The van der Waals surface area contributed by atoms with E-state index in [1.807, 2.05) is 23.1 Å². The summed E-state index contributed by atoms with van der Waals surface area (Å²) in [5.41, 5.74) is -0.764. The van der Waals surface area contributed by atoms with Gasteiger partial charge in [-0.15, -0.1) is 0 Å². The zero-order chi connectivity index (χ0) is 21.0. The van der Waals surface area contributed by atoms with Crippen molar-refractivity contribution in [1.82, 2.24) is 15.5 Å². The van der Waals surface area contributed by atoms with E-state index in [4.69, 9.17) is 0 Å². The number of aliphatic carboxylic acids is 1. The number of phenols is 1. The number of benzene rings is 1. The molecule has 1 aromatic rings. The molecule has 1 aliphatic heterocycles. The smallest absolute Gasteiger partial charge is 0.319 e. The lowest BCUT2D eigenvalue weighted by molar-refractivity contribution is -0.158. The van der Waals surface area contributed by atoms with Crippen molar-refractivity contribution >= 4 is 11.9 Å². The Balaban J connectivity index is 1.77. The first-order valence-corrected chi connectivity index (χ1v) is 9.98. The van der Waals surface area contributed by atoms with Crippen LogP contribution in [-0.4, -0.2) is 64.0 Å². The summed E-state index contributed by atoms with van der Waals surface area (Å²) in [6, 6.07) is 6.88. The molecule has 0 radical (unpaired) electrons. The topological polar surface area (TPSA) is 122 Å². The first-order chi connectivity index (χ1) is 13.8. The third-order valence-electron chi connectivity index (χ3n) is 5.86. The van der Waals surface area contributed by atoms with Crippen molar-refractivity contribution in [2.24, 2.45) is 5.41 Å². The molecule has 1 fully saturated rings. The van der Waals surface area contributed by atoms with Gasteiger partial charge >= 0.3 is 5.97 Å². The molecule has 3 rings (SSSR count). The van der Waals surface area contributed by atoms with Crippen LogP contribution in [-0.2, 0) is 9.59 Å². The molecular weight excluding hydrogens is 374 g/mol. The van der Waals surface area contributed by atoms with Crippen LogP contribution >= 0.6 is 0 Å². The van der Waals surface area contributed by atoms with E-state index in [-0.39, 0.29) is 24.6 Å². The van der Waals surface area contributed by atoms with Crippen LogP contribution < -0.4 is 10.6 Å². The number of allylic oxidation sites excluding steroid dienone is 2. The summed E-state index contributed by atoms with van der Waals surface area (Å²) in [7, 11) is 0. The van der Waals surface area contributed by atoms with E-state index in [9.17, 15) is 24.9 Å². The van der Waals surface area contributed by atoms with E-state index < -0.39 is 29.6 Å². The highest BCUT2D eigenvalue weighted by atomic mass is 16.4. The SMILES string of the molecule is CC(O)C(NC(=O)C1(C(=O)O)CC=CCC1)N1CCNC(c2ccccc2O)C1. The number of carboxylic acids is 1. The number of hydrogen-bond donors (Lipinski definition) is 5. The lowest BCUT2D eigenvalue weighted by atomic mass is 9.76. The third kappa shape index (κ3) is 4.44. The maximum absolute atomic E-state index is 13.0. The van der Waals surface area contributed by atoms with Gasteiger partial charge in [0.2, 0.25) is 5.91 Å². The zero-order valence-corrected chi connectivity index (χ0v) is 16.5. The molecular formula is C21H29N3O5. The van der Waals surface area contributed by atoms with Crippen molar-refractivity contribution in [2.45, 2.75) is 44.5 Å². The summed E-state index contributed by atoms with van der Waals surface area (Å²) >= 11 is 0. The largest absolute Gasteiger partial charge is 0.508 e. The van der Waals surface area contributed by atoms with Crippen molar-refractivity contribution in [1.29, 1.82) is 0 Å². The minimum atomic E-state index is -1.51. The van der Waals surface area contributed by atoms with Gasteiger partial charge in [-0.25, -0.2) is 0 Å². The molecule has 2 aliphatic rings. The molecule has 4 unspecified atom stereocenters. The van der Waals surface area contributed by atoms with E-state index in [0.29, 0.717) is 26.1 Å². The minimum absolute atomic E-state index is 0.142. The molecule has 1 aliphatic carbocycles. The molecule has 4 atom stereocenters. The van der Waals surface area contributed by atoms with Gasteiger partial charge in [-0.2, -0.15) is 0 Å². The predicted octanol–water partition coefficient (Wildman–Crippen LogP) is 0.973. The van der Waals surface area contributed by atoms with E-state index in [1.54, 1.807) is 25.1 Å². The average Bonchev–Trinajstić information content (AvgIpc) is 2.72. The summed E-state index contributed by atoms with van der Waals surface area (Å²) in [6.07, 6.45) is 2.90. The van der Waals surface area contributed by atoms with Gasteiger partial charge < -0.3 is 26.0 Å². The fourth-order valence-electron chi connectivity index (χ4n) is 4.14. The third-order valence-corrected chi connectivity index (χ3v) is 5.86. The standard InChI is InChI=1S/C21H29N3O5/c1-14(25)18(23-19(27)21(20(28)29)9-5-2-6-10-21)24-12-11-22-16(13-24)15-7-3-4-8-17(15)26/h2-5,7-8,14,16,18,22,25-26H,6,9-13H2,1H3,(H,23,27)(H,28,29). The van der Waals surface area contributed by atoms with Crippen LogP contribution in [0, 0.1) is 5.41 Å². The molecule has 8 heteroatoms. The normalized spacial score (nSPS) is 27.2. The number of para-hydroxylation sites is 1. The first-order valence-electron chi connectivity index (χ1n) is 9.98. The molecule has 1 aromatic carbocycles. The highest BCUT2D eigenvalue weighted by Crippen LogP contribution is 2.34. The number of nitrogens with one attached hydrogen (secondary N) is 2. The van der Waals surface area contributed by atoms with Crippen molar-refractivity contribution in [3.63, 3.8) is 0 Å². The second-order valence-corrected chi connectivity index (χ2v) is 7.82. The zero-order valence-electron chi connectivity index (χ0n) is 16.5. The van der Waals surface area contributed by atoms with Gasteiger partial charge in [-0.3, -0.25) is 14.5 Å². The van der Waals surface area contributed by atoms with Crippen LogP contribution in [0.3, 0.4) is 0 Å². The first kappa shape index (κ1) is 21.3. The van der Waals surface area contributed by atoms with E-state index in [1.165, 1.54) is 0 Å². The van der Waals surface area contributed by atoms with E-state index >= 15 is 0 Å². The summed E-state index contributed by atoms with van der Waals surface area (Å²) in [6.45, 7) is 3.20. The van der Waals surface area contributed by atoms with Crippen molar-refractivity contribution < 1.29 is 24.9 Å². The summed E-state index contributed by atoms with van der Waals surface area (Å²) < 4.78 is 0. The second-order valence-electron chi connectivity index (χ2n) is 7.82. The Labute approximate surface area is 170 Å². The number of amides is 1. The molecule has 5 N–H and O–H groups in total. The number of piperazine rings is 1. The van der Waals surface area contributed by atoms with Gasteiger partial charge in [0.25, 0.3) is 0 Å². The number of nitrogens with zero attached hydrogens (tertiary/aromatic N) is 1. The fraction of sp³-hybridized carbons (Fsp3) is 0.524. The van der Waals surface area contributed by atoms with Gasteiger partial charge in [0, 0.05) is 31.2 Å². The number of carbonyl (C=O) groups is 2. The molecule has 1 saturated heterocycles. The maximum Gasteiger partial charge on any atom is 0.319 e. The van der Waals surface area contributed by atoms with Crippen molar-refractivity contribution in [3.8, 4) is 5.75 Å². The van der Waals surface area contributed by atoms with Crippen molar-refractivity contribution in [2.75, 3.05) is 19.6 Å². The number of phenolic OH excluding ortho intramolecular Hbond substituents is 1. The van der Waals surface area contributed by atoms with Gasteiger partial charge in [0.15, 0.2) is 0 Å². The summed E-state index contributed by atoms with van der Waals surface area (Å²) in [5.74, 6) is -1.53. The number of carboxylic acid groups (broad SMARTS) is 1. The predicted molar refractivity (Wildman–Crippen MR) is 107 cm³/mol. The maximum atomic E-state index is 13.0. The number of carbonyl (C=O) groups excluding carboxylic acids is 1. The van der Waals surface area contributed by atoms with Crippen LogP contribution in [0.1, 0.15) is 37.8 Å². The summed E-state index contributed by atoms with van der Waals surface area (Å²) in [4.78, 5) is 26.8. The van der Waals surface area contributed by atoms with Crippen LogP contribution in [0.2, 0.25) is 0 Å². The Hall–Kier alpha value is -2.42. The van der Waals surface area contributed by atoms with Gasteiger partial charge in [0.05, 0.1) is 6.10 Å². The van der Waals surface area contributed by atoms with Gasteiger partial charge in [-0.1, -0.05) is 30.4 Å². The molecule has 0 aromatic heterocycles. The Kier molecular flexibility index (Phi) is 6.56. The number of aliphatic hydroxyl groups is 1. The van der Waals surface area contributed by atoms with E-state index in [2.05, 4.69) is 10.6 Å². The Morgan fingerprint density at radius 2 is 2.07 bits per heavy atom. The lowest BCUT2D eigenvalue weighted by Gasteiger charge is -2.42. The molecule has 1 amide bonds. The Morgan fingerprint density at radius 1 is 1.31 bits per heavy atom. The quantitative estimate of drug-likeness (QED) is 0.354. The van der Waals surface area contributed by atoms with Gasteiger partial charge in [0.1, 0.15) is 17.3 Å². The molecule has 8 nitrogen and oxygen atoms in total. The molecule has 29 heavy (non-hydrogen) atoms. The molecule has 0 saturated carbocycles. The fourth-order valence-corrected chi connectivity index (χ4v) is 4.14. The number of hydrogen-bond acceptors (Lipinski definition) is 6. The number of aliphatic hydroxyl groups excluding tert-OH is 1. The second kappa shape index (κ2) is 8.94. The monoisotopic (exact) mass is 403 g/mol. The Bertz CT molecular complexity index is 781. The highest BCUT2D eigenvalue weighted by Gasteiger charge is 2.47. The number of aromatic hydroxyl groups is 1. The van der Waals surface area contributed by atoms with Crippen molar-refractivity contribution in [3.05, 3.63) is 42.0 Å². The van der Waals surface area contributed by atoms with Crippen LogP contribution in [0.5, 0.6) is 5.75 Å². The van der Waals surface area contributed by atoms with Gasteiger partial charge in [-0.05, 0) is 32.3 Å². The number of rotatable bonds is 6. The van der Waals surface area contributed by atoms with Crippen LogP contribution in [0.15, 0.2) is 36.4 Å².